The maximum absolute atomic E-state index is 11.6. The van der Waals surface area contributed by atoms with Gasteiger partial charge in [0.25, 0.3) is 0 Å². The third-order valence-corrected chi connectivity index (χ3v) is 5.18. The van der Waals surface area contributed by atoms with E-state index in [0.717, 1.165) is 16.6 Å². The van der Waals surface area contributed by atoms with Crippen LogP contribution < -0.4 is 4.74 Å². The summed E-state index contributed by atoms with van der Waals surface area (Å²) in [5.74, 6) is 0.616. The molecular formula is C19H19N3O2S. The van der Waals surface area contributed by atoms with Gasteiger partial charge in [-0.15, -0.1) is 11.3 Å². The van der Waals surface area contributed by atoms with Crippen molar-refractivity contribution in [3.05, 3.63) is 52.8 Å². The fourth-order valence-electron chi connectivity index (χ4n) is 2.86. The van der Waals surface area contributed by atoms with Crippen LogP contribution in [0.2, 0.25) is 0 Å². The highest BCUT2D eigenvalue weighted by molar-refractivity contribution is 7.18. The Morgan fingerprint density at radius 3 is 2.88 bits per heavy atom. The number of nitrogens with zero attached hydrogens (tertiary/aromatic N) is 3. The van der Waals surface area contributed by atoms with E-state index in [1.54, 1.807) is 30.6 Å². The number of aliphatic hydroxyl groups is 1. The van der Waals surface area contributed by atoms with Crippen molar-refractivity contribution in [1.82, 2.24) is 9.97 Å². The molecule has 1 atom stereocenters. The Hall–Kier alpha value is -2.49. The summed E-state index contributed by atoms with van der Waals surface area (Å²) >= 11 is 1.40. The fraction of sp³-hybridized carbons (Fsp3) is 0.316. The summed E-state index contributed by atoms with van der Waals surface area (Å²) in [5, 5.41) is 21.2. The van der Waals surface area contributed by atoms with Gasteiger partial charge in [0, 0.05) is 12.4 Å². The second-order valence-corrected chi connectivity index (χ2v) is 6.76. The van der Waals surface area contributed by atoms with Crippen LogP contribution in [-0.4, -0.2) is 21.7 Å². The molecule has 0 aliphatic heterocycles. The summed E-state index contributed by atoms with van der Waals surface area (Å²) < 4.78 is 6.58. The zero-order valence-electron chi connectivity index (χ0n) is 14.2. The number of ether oxygens (including phenoxy) is 1. The highest BCUT2D eigenvalue weighted by Gasteiger charge is 2.37. The van der Waals surface area contributed by atoms with Crippen molar-refractivity contribution >= 4 is 21.6 Å². The van der Waals surface area contributed by atoms with Gasteiger partial charge in [-0.3, -0.25) is 4.98 Å². The van der Waals surface area contributed by atoms with Gasteiger partial charge in [-0.25, -0.2) is 4.98 Å². The maximum atomic E-state index is 11.6. The molecule has 0 amide bonds. The van der Waals surface area contributed by atoms with Crippen LogP contribution in [0.25, 0.3) is 10.2 Å². The van der Waals surface area contributed by atoms with E-state index in [4.69, 9.17) is 10.00 Å². The molecular weight excluding hydrogens is 334 g/mol. The molecule has 0 bridgehead atoms. The van der Waals surface area contributed by atoms with E-state index in [1.807, 2.05) is 19.9 Å². The summed E-state index contributed by atoms with van der Waals surface area (Å²) in [5.41, 5.74) is 0.705. The highest BCUT2D eigenvalue weighted by atomic mass is 32.1. The molecule has 6 heteroatoms. The van der Waals surface area contributed by atoms with E-state index >= 15 is 0 Å². The molecule has 0 fully saturated rings. The Kier molecular flexibility index (Phi) is 4.98. The number of aromatic nitrogens is 2. The quantitative estimate of drug-likeness (QED) is 0.724. The first-order valence-electron chi connectivity index (χ1n) is 8.23. The average molecular weight is 353 g/mol. The zero-order chi connectivity index (χ0) is 17.9. The summed E-state index contributed by atoms with van der Waals surface area (Å²) in [6, 6.07) is 9.25. The molecule has 1 unspecified atom stereocenters. The Labute approximate surface area is 150 Å². The van der Waals surface area contributed by atoms with Crippen LogP contribution >= 0.6 is 11.3 Å². The van der Waals surface area contributed by atoms with Crippen LogP contribution in [0, 0.1) is 11.3 Å². The molecule has 0 aliphatic carbocycles. The molecule has 2 aromatic heterocycles. The third-order valence-electron chi connectivity index (χ3n) is 4.01. The smallest absolute Gasteiger partial charge is 0.146 e. The van der Waals surface area contributed by atoms with Gasteiger partial charge in [-0.1, -0.05) is 13.3 Å². The van der Waals surface area contributed by atoms with Gasteiger partial charge in [-0.2, -0.15) is 5.26 Å². The molecule has 0 saturated carbocycles. The van der Waals surface area contributed by atoms with Gasteiger partial charge in [0.05, 0.1) is 34.0 Å². The molecule has 0 aliphatic rings. The van der Waals surface area contributed by atoms with Crippen molar-refractivity contribution in [1.29, 1.82) is 5.26 Å². The van der Waals surface area contributed by atoms with Crippen molar-refractivity contribution < 1.29 is 9.84 Å². The Morgan fingerprint density at radius 2 is 2.16 bits per heavy atom. The second kappa shape index (κ2) is 7.18. The zero-order valence-corrected chi connectivity index (χ0v) is 15.0. The van der Waals surface area contributed by atoms with E-state index in [0.29, 0.717) is 34.9 Å². The summed E-state index contributed by atoms with van der Waals surface area (Å²) in [6.07, 6.45) is 4.58. The molecule has 3 aromatic rings. The minimum absolute atomic E-state index is 0.504. The molecule has 25 heavy (non-hydrogen) atoms. The van der Waals surface area contributed by atoms with Crippen molar-refractivity contribution in [2.24, 2.45) is 0 Å². The van der Waals surface area contributed by atoms with E-state index in [-0.39, 0.29) is 0 Å². The number of hydrogen-bond acceptors (Lipinski definition) is 6. The number of thiazole rings is 1. The number of pyridine rings is 1. The predicted octanol–water partition coefficient (Wildman–Crippen LogP) is 4.00. The molecule has 3 rings (SSSR count). The SMILES string of the molecule is CCCC(O)(c1nc2ccc(C#N)cc2s1)c1cnccc1OCC. The van der Waals surface area contributed by atoms with Crippen LogP contribution in [0.5, 0.6) is 5.75 Å². The number of fused-ring (bicyclic) bond motifs is 1. The molecule has 0 saturated heterocycles. The van der Waals surface area contributed by atoms with Crippen molar-refractivity contribution in [3.63, 3.8) is 0 Å². The van der Waals surface area contributed by atoms with Crippen LogP contribution in [0.15, 0.2) is 36.7 Å². The molecule has 5 nitrogen and oxygen atoms in total. The number of hydrogen-bond donors (Lipinski definition) is 1. The van der Waals surface area contributed by atoms with Gasteiger partial charge in [0.1, 0.15) is 16.4 Å². The van der Waals surface area contributed by atoms with Crippen molar-refractivity contribution in [2.45, 2.75) is 32.3 Å². The lowest BCUT2D eigenvalue weighted by Gasteiger charge is -2.27. The molecule has 0 radical (unpaired) electrons. The summed E-state index contributed by atoms with van der Waals surface area (Å²) in [7, 11) is 0. The van der Waals surface area contributed by atoms with Gasteiger partial charge in [0.2, 0.25) is 0 Å². The summed E-state index contributed by atoms with van der Waals surface area (Å²) in [6.45, 7) is 4.43. The Bertz CT molecular complexity index is 932. The minimum Gasteiger partial charge on any atom is -0.493 e. The first-order valence-corrected chi connectivity index (χ1v) is 9.04. The first-order chi connectivity index (χ1) is 12.1. The first kappa shape index (κ1) is 17.3. The van der Waals surface area contributed by atoms with Crippen LogP contribution in [0.4, 0.5) is 0 Å². The van der Waals surface area contributed by atoms with Gasteiger partial charge >= 0.3 is 0 Å². The molecule has 2 heterocycles. The maximum Gasteiger partial charge on any atom is 0.146 e. The minimum atomic E-state index is -1.27. The van der Waals surface area contributed by atoms with Crippen molar-refractivity contribution in [2.75, 3.05) is 6.61 Å². The van der Waals surface area contributed by atoms with Crippen LogP contribution in [0.3, 0.4) is 0 Å². The number of benzene rings is 1. The number of nitriles is 1. The third kappa shape index (κ3) is 3.21. The fourth-order valence-corrected chi connectivity index (χ4v) is 4.00. The van der Waals surface area contributed by atoms with Crippen LogP contribution in [-0.2, 0) is 5.60 Å². The van der Waals surface area contributed by atoms with E-state index in [9.17, 15) is 5.11 Å². The summed E-state index contributed by atoms with van der Waals surface area (Å²) in [4.78, 5) is 8.81. The lowest BCUT2D eigenvalue weighted by molar-refractivity contribution is 0.0663. The van der Waals surface area contributed by atoms with E-state index in [2.05, 4.69) is 16.0 Å². The molecule has 128 valence electrons. The lowest BCUT2D eigenvalue weighted by atomic mass is 9.90. The highest BCUT2D eigenvalue weighted by Crippen LogP contribution is 2.41. The van der Waals surface area contributed by atoms with Crippen molar-refractivity contribution in [3.8, 4) is 11.8 Å². The predicted molar refractivity (Wildman–Crippen MR) is 97.6 cm³/mol. The molecule has 0 spiro atoms. The van der Waals surface area contributed by atoms with Gasteiger partial charge in [0.15, 0.2) is 0 Å². The lowest BCUT2D eigenvalue weighted by Crippen LogP contribution is -2.28. The van der Waals surface area contributed by atoms with Crippen LogP contribution in [0.1, 0.15) is 42.8 Å². The standard InChI is InChI=1S/C19H19N3O2S/c1-3-8-19(23,14-12-21-9-7-16(14)24-4-2)18-22-15-6-5-13(11-20)10-17(15)25-18/h5-7,9-10,12,23H,3-4,8H2,1-2H3. The number of rotatable bonds is 6. The van der Waals surface area contributed by atoms with Gasteiger partial charge < -0.3 is 9.84 Å². The Morgan fingerprint density at radius 1 is 1.32 bits per heavy atom. The largest absolute Gasteiger partial charge is 0.493 e. The topological polar surface area (TPSA) is 79.0 Å². The van der Waals surface area contributed by atoms with E-state index in [1.165, 1.54) is 11.3 Å². The Balaban J connectivity index is 2.16. The van der Waals surface area contributed by atoms with Gasteiger partial charge in [-0.05, 0) is 37.6 Å². The normalized spacial score (nSPS) is 13.4. The average Bonchev–Trinajstić information content (AvgIpc) is 3.06. The molecule has 1 N–H and O–H groups in total. The van der Waals surface area contributed by atoms with E-state index < -0.39 is 5.60 Å². The molecule has 1 aromatic carbocycles. The monoisotopic (exact) mass is 353 g/mol. The second-order valence-electron chi connectivity index (χ2n) is 5.73.